The minimum atomic E-state index is 1.15. The average Bonchev–Trinajstić information content (AvgIpc) is 2.04. The van der Waals surface area contributed by atoms with Crippen LogP contribution in [0.4, 0.5) is 0 Å². The zero-order valence-electron chi connectivity index (χ0n) is 7.38. The Bertz CT molecular complexity index is 125. The van der Waals surface area contributed by atoms with E-state index in [0.717, 1.165) is 13.1 Å². The van der Waals surface area contributed by atoms with Crippen molar-refractivity contribution in [3.05, 3.63) is 12.4 Å². The number of nitrogens with zero attached hydrogens (tertiary/aromatic N) is 2. The van der Waals surface area contributed by atoms with E-state index in [4.69, 9.17) is 0 Å². The highest BCUT2D eigenvalue weighted by atomic mass is 15.2. The molecule has 11 heavy (non-hydrogen) atoms. The van der Waals surface area contributed by atoms with Crippen LogP contribution in [-0.4, -0.2) is 50.1 Å². The molecule has 1 aliphatic rings. The lowest BCUT2D eigenvalue weighted by atomic mass is 10.3. The number of nitrogens with one attached hydrogen (secondary N) is 1. The van der Waals surface area contributed by atoms with Gasteiger partial charge in [0.15, 0.2) is 0 Å². The van der Waals surface area contributed by atoms with Crippen molar-refractivity contribution >= 4 is 0 Å². The maximum absolute atomic E-state index is 2.99. The van der Waals surface area contributed by atoms with Crippen molar-refractivity contribution < 1.29 is 0 Å². The molecule has 0 spiro atoms. The number of likely N-dealkylation sites (N-methyl/N-ethyl adjacent to an activating group) is 1. The Balaban J connectivity index is 2.22. The Kier molecular flexibility index (Phi) is 3.23. The van der Waals surface area contributed by atoms with Crippen LogP contribution in [0.15, 0.2) is 12.4 Å². The van der Waals surface area contributed by atoms with Gasteiger partial charge in [0, 0.05) is 45.6 Å². The highest BCUT2D eigenvalue weighted by Gasteiger charge is 2.09. The van der Waals surface area contributed by atoms with E-state index in [0.29, 0.717) is 0 Å². The second-order valence-electron chi connectivity index (χ2n) is 2.94. The fourth-order valence-electron chi connectivity index (χ4n) is 1.15. The van der Waals surface area contributed by atoms with E-state index in [9.17, 15) is 0 Å². The first-order chi connectivity index (χ1) is 5.33. The Morgan fingerprint density at radius 2 is 1.82 bits per heavy atom. The quantitative estimate of drug-likeness (QED) is 0.602. The van der Waals surface area contributed by atoms with Crippen LogP contribution >= 0.6 is 0 Å². The Morgan fingerprint density at radius 1 is 1.18 bits per heavy atom. The normalized spacial score (nSPS) is 21.1. The molecule has 64 valence electrons. The molecule has 0 aromatic heterocycles. The highest BCUT2D eigenvalue weighted by Crippen LogP contribution is 1.98. The molecule has 0 bridgehead atoms. The van der Waals surface area contributed by atoms with Crippen molar-refractivity contribution in [2.45, 2.75) is 0 Å². The summed E-state index contributed by atoms with van der Waals surface area (Å²) in [5, 5.41) is 2.99. The third kappa shape index (κ3) is 2.80. The summed E-state index contributed by atoms with van der Waals surface area (Å²) in [7, 11) is 4.09. The monoisotopic (exact) mass is 155 g/mol. The van der Waals surface area contributed by atoms with Crippen LogP contribution < -0.4 is 5.32 Å². The molecule has 0 amide bonds. The smallest absolute Gasteiger partial charge is 0.0301 e. The van der Waals surface area contributed by atoms with E-state index in [2.05, 4.69) is 28.4 Å². The first-order valence-electron chi connectivity index (χ1n) is 4.09. The molecule has 1 N–H and O–H groups in total. The molecule has 0 atom stereocenters. The van der Waals surface area contributed by atoms with Crippen molar-refractivity contribution in [2.75, 3.05) is 40.3 Å². The summed E-state index contributed by atoms with van der Waals surface area (Å²) >= 11 is 0. The minimum Gasteiger partial charge on any atom is -0.393 e. The molecule has 0 aromatic rings. The van der Waals surface area contributed by atoms with Gasteiger partial charge in [0.25, 0.3) is 0 Å². The van der Waals surface area contributed by atoms with Gasteiger partial charge in [-0.1, -0.05) is 0 Å². The van der Waals surface area contributed by atoms with Gasteiger partial charge < -0.3 is 15.1 Å². The summed E-state index contributed by atoms with van der Waals surface area (Å²) in [5.74, 6) is 0. The molecule has 0 aromatic carbocycles. The maximum atomic E-state index is 2.99. The van der Waals surface area contributed by atoms with Crippen molar-refractivity contribution in [1.29, 1.82) is 0 Å². The van der Waals surface area contributed by atoms with Crippen LogP contribution in [0.2, 0.25) is 0 Å². The Labute approximate surface area is 68.7 Å². The fourth-order valence-corrected chi connectivity index (χ4v) is 1.15. The second-order valence-corrected chi connectivity index (χ2v) is 2.94. The van der Waals surface area contributed by atoms with Crippen LogP contribution in [0.25, 0.3) is 0 Å². The van der Waals surface area contributed by atoms with E-state index in [1.807, 2.05) is 13.2 Å². The Morgan fingerprint density at radius 3 is 2.36 bits per heavy atom. The van der Waals surface area contributed by atoms with Gasteiger partial charge in [-0.05, 0) is 7.05 Å². The van der Waals surface area contributed by atoms with E-state index in [1.165, 1.54) is 13.1 Å². The largest absolute Gasteiger partial charge is 0.393 e. The lowest BCUT2D eigenvalue weighted by Gasteiger charge is -2.31. The highest BCUT2D eigenvalue weighted by molar-refractivity contribution is 4.82. The van der Waals surface area contributed by atoms with Gasteiger partial charge in [0.2, 0.25) is 0 Å². The van der Waals surface area contributed by atoms with Crippen molar-refractivity contribution in [1.82, 2.24) is 15.1 Å². The molecule has 1 fully saturated rings. The van der Waals surface area contributed by atoms with Gasteiger partial charge in [-0.15, -0.1) is 0 Å². The molecule has 0 unspecified atom stereocenters. The summed E-state index contributed by atoms with van der Waals surface area (Å²) < 4.78 is 0. The van der Waals surface area contributed by atoms with E-state index >= 15 is 0 Å². The molecule has 1 rings (SSSR count). The molecule has 1 aliphatic heterocycles. The molecule has 0 aliphatic carbocycles. The molecule has 1 heterocycles. The first-order valence-corrected chi connectivity index (χ1v) is 4.09. The van der Waals surface area contributed by atoms with Gasteiger partial charge in [-0.2, -0.15) is 0 Å². The lowest BCUT2D eigenvalue weighted by molar-refractivity contribution is 0.198. The zero-order chi connectivity index (χ0) is 8.10. The maximum Gasteiger partial charge on any atom is 0.0301 e. The minimum absolute atomic E-state index is 1.15. The third-order valence-corrected chi connectivity index (χ3v) is 1.99. The summed E-state index contributed by atoms with van der Waals surface area (Å²) in [6.07, 6.45) is 4.10. The summed E-state index contributed by atoms with van der Waals surface area (Å²) in [5.41, 5.74) is 0. The predicted molar refractivity (Wildman–Crippen MR) is 47.3 cm³/mol. The van der Waals surface area contributed by atoms with Gasteiger partial charge in [0.1, 0.15) is 0 Å². The second kappa shape index (κ2) is 4.23. The number of piperazine rings is 1. The van der Waals surface area contributed by atoms with Gasteiger partial charge >= 0.3 is 0 Å². The summed E-state index contributed by atoms with van der Waals surface area (Å²) in [6, 6.07) is 0. The fraction of sp³-hybridized carbons (Fsp3) is 0.750. The molecule has 1 saturated heterocycles. The summed E-state index contributed by atoms with van der Waals surface area (Å²) in [4.78, 5) is 4.68. The Hall–Kier alpha value is -0.700. The molecule has 0 saturated carbocycles. The van der Waals surface area contributed by atoms with Crippen molar-refractivity contribution in [3.8, 4) is 0 Å². The number of rotatable bonds is 2. The van der Waals surface area contributed by atoms with Gasteiger partial charge in [-0.25, -0.2) is 0 Å². The van der Waals surface area contributed by atoms with Gasteiger partial charge in [0.05, 0.1) is 0 Å². The van der Waals surface area contributed by atoms with E-state index in [1.54, 1.807) is 0 Å². The van der Waals surface area contributed by atoms with Crippen LogP contribution in [0.1, 0.15) is 0 Å². The van der Waals surface area contributed by atoms with Crippen molar-refractivity contribution in [2.24, 2.45) is 0 Å². The molecular formula is C8H17N3. The van der Waals surface area contributed by atoms with Gasteiger partial charge in [-0.3, -0.25) is 0 Å². The van der Waals surface area contributed by atoms with Crippen LogP contribution in [0.3, 0.4) is 0 Å². The van der Waals surface area contributed by atoms with Crippen LogP contribution in [0.5, 0.6) is 0 Å². The lowest BCUT2D eigenvalue weighted by Crippen LogP contribution is -2.41. The third-order valence-electron chi connectivity index (χ3n) is 1.99. The predicted octanol–water partition coefficient (Wildman–Crippen LogP) is -0.0756. The molecule has 3 heteroatoms. The SMILES string of the molecule is CNC=CN1CCN(C)CC1. The molecule has 3 nitrogen and oxygen atoms in total. The standard InChI is InChI=1S/C8H17N3/c1-9-3-4-11-7-5-10(2)6-8-11/h3-4,9H,5-8H2,1-2H3. The number of hydrogen-bond donors (Lipinski definition) is 1. The molecule has 0 radical (unpaired) electrons. The zero-order valence-corrected chi connectivity index (χ0v) is 7.38. The topological polar surface area (TPSA) is 18.5 Å². The van der Waals surface area contributed by atoms with Crippen LogP contribution in [-0.2, 0) is 0 Å². The van der Waals surface area contributed by atoms with E-state index < -0.39 is 0 Å². The number of hydrogen-bond acceptors (Lipinski definition) is 3. The first kappa shape index (κ1) is 8.40. The van der Waals surface area contributed by atoms with Crippen LogP contribution in [0, 0.1) is 0 Å². The van der Waals surface area contributed by atoms with Crippen molar-refractivity contribution in [3.63, 3.8) is 0 Å². The summed E-state index contributed by atoms with van der Waals surface area (Å²) in [6.45, 7) is 4.64. The average molecular weight is 155 g/mol. The van der Waals surface area contributed by atoms with E-state index in [-0.39, 0.29) is 0 Å². The molecular weight excluding hydrogens is 138 g/mol.